The molecule has 0 spiro atoms. The zero-order valence-corrected chi connectivity index (χ0v) is 13.8. The molecule has 2 aliphatic heterocycles. The van der Waals surface area contributed by atoms with Crippen LogP contribution in [0.15, 0.2) is 47.0 Å². The molecule has 0 amide bonds. The van der Waals surface area contributed by atoms with Crippen molar-refractivity contribution < 1.29 is 0 Å². The molecule has 4 heterocycles. The largest absolute Gasteiger partial charge is 0.149 e. The zero-order valence-electron chi connectivity index (χ0n) is 10.4. The topological polar surface area (TPSA) is 25.8 Å². The van der Waals surface area contributed by atoms with Crippen LogP contribution in [0.2, 0.25) is 0 Å². The quantitative estimate of drug-likeness (QED) is 0.593. The van der Waals surface area contributed by atoms with E-state index in [0.29, 0.717) is 0 Å². The third-order valence-electron chi connectivity index (χ3n) is 3.07. The summed E-state index contributed by atoms with van der Waals surface area (Å²) in [4.78, 5) is 1.57. The number of thiophene rings is 1. The summed E-state index contributed by atoms with van der Waals surface area (Å²) in [6.45, 7) is 0. The highest BCUT2D eigenvalue weighted by molar-refractivity contribution is 8.08. The van der Waals surface area contributed by atoms with Crippen molar-refractivity contribution in [2.24, 2.45) is 0 Å². The Morgan fingerprint density at radius 3 is 3.05 bits per heavy atom. The maximum atomic E-state index is 3.89. The molecule has 1 aromatic carbocycles. The number of aromatic nitrogens is 2. The maximum Gasteiger partial charge on any atom is 0.105 e. The minimum Gasteiger partial charge on any atom is -0.149 e. The number of benzene rings is 1. The SMILES string of the molecule is C1=C2[Si]=c3sccc3=C2SC1.c1ccc2snnc2c1. The minimum atomic E-state index is 0.960. The van der Waals surface area contributed by atoms with E-state index in [-0.39, 0.29) is 0 Å². The first-order valence-corrected chi connectivity index (χ1v) is 9.78. The lowest BCUT2D eigenvalue weighted by molar-refractivity contribution is 1.20. The molecular formula is C14H9N2S3Si. The summed E-state index contributed by atoms with van der Waals surface area (Å²) in [5, 5.41) is 9.23. The molecule has 3 aromatic rings. The third-order valence-corrected chi connectivity index (χ3v) is 7.63. The predicted octanol–water partition coefficient (Wildman–Crippen LogP) is 3.15. The molecule has 0 atom stereocenters. The van der Waals surface area contributed by atoms with Crippen LogP contribution in [0.4, 0.5) is 0 Å². The number of hydrogen-bond acceptors (Lipinski definition) is 5. The molecule has 97 valence electrons. The van der Waals surface area contributed by atoms with Crippen molar-refractivity contribution in [2.75, 3.05) is 5.75 Å². The van der Waals surface area contributed by atoms with Crippen LogP contribution in [0.1, 0.15) is 0 Å². The summed E-state index contributed by atoms with van der Waals surface area (Å²) >= 11 is 5.33. The number of rotatable bonds is 0. The lowest BCUT2D eigenvalue weighted by atomic mass is 10.3. The Morgan fingerprint density at radius 1 is 1.15 bits per heavy atom. The molecule has 2 aromatic heterocycles. The Bertz CT molecular complexity index is 893. The molecular weight excluding hydrogens is 320 g/mol. The molecule has 5 rings (SSSR count). The van der Waals surface area contributed by atoms with E-state index < -0.39 is 0 Å². The summed E-state index contributed by atoms with van der Waals surface area (Å²) in [7, 11) is 0.960. The molecule has 0 saturated heterocycles. The number of hydrogen-bond donors (Lipinski definition) is 0. The van der Waals surface area contributed by atoms with Crippen LogP contribution in [0.5, 0.6) is 0 Å². The van der Waals surface area contributed by atoms with E-state index in [4.69, 9.17) is 0 Å². The van der Waals surface area contributed by atoms with Crippen molar-refractivity contribution in [1.82, 2.24) is 9.59 Å². The van der Waals surface area contributed by atoms with E-state index in [2.05, 4.69) is 27.1 Å². The Kier molecular flexibility index (Phi) is 3.39. The average Bonchev–Trinajstić information content (AvgIpc) is 3.21. The van der Waals surface area contributed by atoms with Crippen LogP contribution in [0.25, 0.3) is 15.1 Å². The van der Waals surface area contributed by atoms with Gasteiger partial charge in [0.15, 0.2) is 0 Å². The monoisotopic (exact) mass is 329 g/mol. The van der Waals surface area contributed by atoms with Crippen molar-refractivity contribution in [3.05, 3.63) is 56.3 Å². The van der Waals surface area contributed by atoms with Crippen molar-refractivity contribution in [1.29, 1.82) is 0 Å². The van der Waals surface area contributed by atoms with Crippen molar-refractivity contribution in [2.45, 2.75) is 0 Å². The molecule has 0 fully saturated rings. The fourth-order valence-electron chi connectivity index (χ4n) is 2.14. The first-order chi connectivity index (χ1) is 9.92. The van der Waals surface area contributed by atoms with Crippen molar-refractivity contribution in [3.63, 3.8) is 0 Å². The highest BCUT2D eigenvalue weighted by Crippen LogP contribution is 2.32. The highest BCUT2D eigenvalue weighted by atomic mass is 32.2. The molecule has 1 radical (unpaired) electrons. The van der Waals surface area contributed by atoms with Gasteiger partial charge in [-0.15, -0.1) is 28.2 Å². The zero-order chi connectivity index (χ0) is 13.4. The summed E-state index contributed by atoms with van der Waals surface area (Å²) in [5.74, 6) is 1.20. The van der Waals surface area contributed by atoms with Crippen LogP contribution >= 0.6 is 34.6 Å². The van der Waals surface area contributed by atoms with E-state index in [9.17, 15) is 0 Å². The van der Waals surface area contributed by atoms with Crippen molar-refractivity contribution >= 4 is 58.9 Å². The predicted molar refractivity (Wildman–Crippen MR) is 89.9 cm³/mol. The summed E-state index contributed by atoms with van der Waals surface area (Å²) in [5.41, 5.74) is 0.988. The van der Waals surface area contributed by atoms with Gasteiger partial charge in [-0.1, -0.05) is 22.7 Å². The normalized spacial score (nSPS) is 15.2. The lowest BCUT2D eigenvalue weighted by Crippen LogP contribution is -1.94. The Morgan fingerprint density at radius 2 is 2.10 bits per heavy atom. The van der Waals surface area contributed by atoms with Gasteiger partial charge in [0.2, 0.25) is 0 Å². The number of nitrogens with zero attached hydrogens (tertiary/aromatic N) is 2. The van der Waals surface area contributed by atoms with E-state index in [0.717, 1.165) is 19.3 Å². The van der Waals surface area contributed by atoms with Crippen LogP contribution in [0.3, 0.4) is 0 Å². The summed E-state index contributed by atoms with van der Waals surface area (Å²) in [6, 6.07) is 10.2. The smallest absolute Gasteiger partial charge is 0.105 e. The van der Waals surface area contributed by atoms with Crippen LogP contribution in [0, 0.1) is 4.13 Å². The summed E-state index contributed by atoms with van der Waals surface area (Å²) < 4.78 is 6.54. The molecule has 0 bridgehead atoms. The molecule has 0 aliphatic carbocycles. The first-order valence-electron chi connectivity index (χ1n) is 6.14. The lowest BCUT2D eigenvalue weighted by Gasteiger charge is -1.89. The van der Waals surface area contributed by atoms with Gasteiger partial charge >= 0.3 is 0 Å². The molecule has 20 heavy (non-hydrogen) atoms. The van der Waals surface area contributed by atoms with Gasteiger partial charge in [-0.3, -0.25) is 0 Å². The second-order valence-corrected chi connectivity index (χ2v) is 8.67. The molecule has 2 aliphatic rings. The Hall–Kier alpha value is -1.08. The average molecular weight is 330 g/mol. The maximum absolute atomic E-state index is 3.89. The van der Waals surface area contributed by atoms with Gasteiger partial charge < -0.3 is 0 Å². The standard InChI is InChI=1S/C8H5S2Si.C6H4N2S/c1-3-10-8-5(1)7-6(11-8)2-4-9-7;1-2-4-6-5(3-1)7-8-9-6/h1-3H,4H2;1-4H. The first kappa shape index (κ1) is 12.6. The number of fused-ring (bicyclic) bond motifs is 3. The molecule has 0 unspecified atom stereocenters. The van der Waals surface area contributed by atoms with Gasteiger partial charge in [-0.25, -0.2) is 0 Å². The van der Waals surface area contributed by atoms with Gasteiger partial charge in [0.25, 0.3) is 0 Å². The van der Waals surface area contributed by atoms with E-state index in [1.165, 1.54) is 22.5 Å². The molecule has 0 saturated carbocycles. The van der Waals surface area contributed by atoms with Gasteiger partial charge in [0, 0.05) is 20.0 Å². The Balaban J connectivity index is 0.000000108. The van der Waals surface area contributed by atoms with E-state index in [1.807, 2.05) is 47.4 Å². The van der Waals surface area contributed by atoms with Crippen LogP contribution in [-0.4, -0.2) is 24.5 Å². The van der Waals surface area contributed by atoms with Crippen molar-refractivity contribution in [3.8, 4) is 0 Å². The third kappa shape index (κ3) is 2.22. The molecule has 0 N–H and O–H groups in total. The minimum absolute atomic E-state index is 0.960. The fourth-order valence-corrected chi connectivity index (χ4v) is 6.80. The van der Waals surface area contributed by atoms with Gasteiger partial charge in [0.1, 0.15) is 5.52 Å². The second-order valence-electron chi connectivity index (χ2n) is 4.29. The van der Waals surface area contributed by atoms with E-state index >= 15 is 0 Å². The fraction of sp³-hybridized carbons (Fsp3) is 0.0714. The van der Waals surface area contributed by atoms with Gasteiger partial charge in [-0.2, -0.15) is 0 Å². The molecule has 2 nitrogen and oxygen atoms in total. The number of thioether (sulfide) groups is 1. The van der Waals surface area contributed by atoms with Gasteiger partial charge in [0.05, 0.1) is 13.8 Å². The highest BCUT2D eigenvalue weighted by Gasteiger charge is 2.16. The Labute approximate surface area is 130 Å². The van der Waals surface area contributed by atoms with Gasteiger partial charge in [-0.05, 0) is 40.3 Å². The van der Waals surface area contributed by atoms with E-state index in [1.54, 1.807) is 14.2 Å². The van der Waals surface area contributed by atoms with Crippen LogP contribution < -0.4 is 5.22 Å². The summed E-state index contributed by atoms with van der Waals surface area (Å²) in [6.07, 6.45) is 2.38. The van der Waals surface area contributed by atoms with Crippen LogP contribution in [-0.2, 0) is 0 Å². The second kappa shape index (κ2) is 5.36. The molecule has 6 heteroatoms.